The second-order valence-electron chi connectivity index (χ2n) is 5.48. The number of aromatic nitrogens is 1. The second kappa shape index (κ2) is 10.3. The molecule has 0 aliphatic rings. The molecule has 0 unspecified atom stereocenters. The van der Waals surface area contributed by atoms with Crippen molar-refractivity contribution in [2.24, 2.45) is 0 Å². The summed E-state index contributed by atoms with van der Waals surface area (Å²) in [5.74, 6) is 0.474. The van der Waals surface area contributed by atoms with Crippen LogP contribution < -0.4 is 10.1 Å². The first kappa shape index (κ1) is 18.7. The summed E-state index contributed by atoms with van der Waals surface area (Å²) in [6, 6.07) is 11.2. The van der Waals surface area contributed by atoms with Crippen LogP contribution in [0, 0.1) is 0 Å². The fourth-order valence-corrected chi connectivity index (χ4v) is 2.34. The van der Waals surface area contributed by atoms with Gasteiger partial charge in [0.05, 0.1) is 5.69 Å². The summed E-state index contributed by atoms with van der Waals surface area (Å²) >= 11 is 0. The highest BCUT2D eigenvalue weighted by Crippen LogP contribution is 2.23. The Morgan fingerprint density at radius 1 is 1.20 bits per heavy atom. The molecule has 0 fully saturated rings. The Morgan fingerprint density at radius 2 is 2.00 bits per heavy atom. The normalized spacial score (nSPS) is 11.0. The fourth-order valence-electron chi connectivity index (χ4n) is 2.34. The Labute approximate surface area is 149 Å². The molecule has 0 spiro atoms. The van der Waals surface area contributed by atoms with E-state index in [1.165, 1.54) is 6.08 Å². The van der Waals surface area contributed by atoms with Gasteiger partial charge in [-0.3, -0.25) is 9.78 Å². The van der Waals surface area contributed by atoms with E-state index in [0.29, 0.717) is 18.0 Å². The maximum Gasteiger partial charge on any atom is 0.248 e. The minimum atomic E-state index is -0.205. The van der Waals surface area contributed by atoms with Gasteiger partial charge in [0, 0.05) is 25.0 Å². The van der Waals surface area contributed by atoms with Crippen molar-refractivity contribution in [2.45, 2.75) is 13.8 Å². The molecular formula is C20H25N3O2. The predicted octanol–water partition coefficient (Wildman–Crippen LogP) is 3.45. The first-order valence-electron chi connectivity index (χ1n) is 8.56. The van der Waals surface area contributed by atoms with Crippen molar-refractivity contribution >= 4 is 17.7 Å². The second-order valence-corrected chi connectivity index (χ2v) is 5.48. The third kappa shape index (κ3) is 6.39. The molecule has 0 bridgehead atoms. The lowest BCUT2D eigenvalue weighted by atomic mass is 10.2. The number of nitrogens with zero attached hydrogens (tertiary/aromatic N) is 2. The van der Waals surface area contributed by atoms with Crippen LogP contribution in [0.5, 0.6) is 5.75 Å². The number of amides is 1. The molecule has 0 atom stereocenters. The minimum Gasteiger partial charge on any atom is -0.490 e. The van der Waals surface area contributed by atoms with Gasteiger partial charge in [0.25, 0.3) is 0 Å². The highest BCUT2D eigenvalue weighted by Gasteiger charge is 2.06. The zero-order valence-electron chi connectivity index (χ0n) is 14.8. The smallest absolute Gasteiger partial charge is 0.248 e. The number of likely N-dealkylation sites (N-methyl/N-ethyl adjacent to an activating group) is 1. The summed E-state index contributed by atoms with van der Waals surface area (Å²) in [6.07, 6.45) is 6.62. The highest BCUT2D eigenvalue weighted by atomic mass is 16.5. The van der Waals surface area contributed by atoms with E-state index in [2.05, 4.69) is 29.0 Å². The Hall–Kier alpha value is -2.66. The Morgan fingerprint density at radius 3 is 2.72 bits per heavy atom. The number of para-hydroxylation sites is 2. The van der Waals surface area contributed by atoms with Gasteiger partial charge in [-0.15, -0.1) is 0 Å². The molecule has 1 aromatic carbocycles. The topological polar surface area (TPSA) is 54.5 Å². The van der Waals surface area contributed by atoms with Crippen molar-refractivity contribution in [2.75, 3.05) is 31.6 Å². The molecular weight excluding hydrogens is 314 g/mol. The molecule has 5 nitrogen and oxygen atoms in total. The third-order valence-corrected chi connectivity index (χ3v) is 3.82. The first-order valence-corrected chi connectivity index (χ1v) is 8.56. The molecule has 0 aliphatic carbocycles. The van der Waals surface area contributed by atoms with E-state index in [-0.39, 0.29) is 5.91 Å². The molecule has 1 N–H and O–H groups in total. The molecule has 2 rings (SSSR count). The standard InChI is InChI=1S/C20H25N3O2/c1-3-23(4-2)14-15-25-19-10-6-5-9-18(19)22-20(24)12-11-17-8-7-13-21-16-17/h5-13,16H,3-4,14-15H2,1-2H3,(H,22,24)/b12-11+. The van der Waals surface area contributed by atoms with Crippen LogP contribution in [0.2, 0.25) is 0 Å². The van der Waals surface area contributed by atoms with Crippen LogP contribution in [0.4, 0.5) is 5.69 Å². The number of anilines is 1. The summed E-state index contributed by atoms with van der Waals surface area (Å²) < 4.78 is 5.84. The van der Waals surface area contributed by atoms with Gasteiger partial charge < -0.3 is 15.0 Å². The largest absolute Gasteiger partial charge is 0.490 e. The molecule has 0 radical (unpaired) electrons. The first-order chi connectivity index (χ1) is 12.2. The van der Waals surface area contributed by atoms with E-state index in [9.17, 15) is 4.79 Å². The van der Waals surface area contributed by atoms with Crippen molar-refractivity contribution in [3.63, 3.8) is 0 Å². The van der Waals surface area contributed by atoms with Crippen LogP contribution in [0.3, 0.4) is 0 Å². The fraction of sp³-hybridized carbons (Fsp3) is 0.300. The molecule has 0 saturated heterocycles. The molecule has 0 saturated carbocycles. The molecule has 1 heterocycles. The van der Waals surface area contributed by atoms with E-state index in [1.807, 2.05) is 36.4 Å². The predicted molar refractivity (Wildman–Crippen MR) is 102 cm³/mol. The Balaban J connectivity index is 1.93. The van der Waals surface area contributed by atoms with Crippen LogP contribution in [0.1, 0.15) is 19.4 Å². The molecule has 25 heavy (non-hydrogen) atoms. The van der Waals surface area contributed by atoms with Gasteiger partial charge in [0.1, 0.15) is 12.4 Å². The van der Waals surface area contributed by atoms with Crippen molar-refractivity contribution in [1.29, 1.82) is 0 Å². The number of carbonyl (C=O) groups excluding carboxylic acids is 1. The molecule has 5 heteroatoms. The van der Waals surface area contributed by atoms with Crippen LogP contribution in [-0.2, 0) is 4.79 Å². The lowest BCUT2D eigenvalue weighted by Crippen LogP contribution is -2.28. The van der Waals surface area contributed by atoms with Crippen LogP contribution >= 0.6 is 0 Å². The quantitative estimate of drug-likeness (QED) is 0.711. The molecule has 132 valence electrons. The SMILES string of the molecule is CCN(CC)CCOc1ccccc1NC(=O)/C=C/c1cccnc1. The van der Waals surface area contributed by atoms with Crippen LogP contribution in [-0.4, -0.2) is 42.0 Å². The highest BCUT2D eigenvalue weighted by molar-refractivity contribution is 6.02. The molecule has 1 amide bonds. The number of ether oxygens (including phenoxy) is 1. The van der Waals surface area contributed by atoms with Gasteiger partial charge in [-0.2, -0.15) is 0 Å². The summed E-state index contributed by atoms with van der Waals surface area (Å²) in [4.78, 5) is 18.4. The lowest BCUT2D eigenvalue weighted by Gasteiger charge is -2.19. The van der Waals surface area contributed by atoms with Crippen molar-refractivity contribution in [1.82, 2.24) is 9.88 Å². The number of nitrogens with one attached hydrogen (secondary N) is 1. The molecule has 0 aliphatic heterocycles. The monoisotopic (exact) mass is 339 g/mol. The summed E-state index contributed by atoms with van der Waals surface area (Å²) in [5.41, 5.74) is 1.55. The Bertz CT molecular complexity index is 682. The Kier molecular flexibility index (Phi) is 7.66. The number of carbonyl (C=O) groups is 1. The van der Waals surface area contributed by atoms with E-state index >= 15 is 0 Å². The average molecular weight is 339 g/mol. The number of hydrogen-bond donors (Lipinski definition) is 1. The van der Waals surface area contributed by atoms with Gasteiger partial charge in [0.2, 0.25) is 5.91 Å². The van der Waals surface area contributed by atoms with Gasteiger partial charge in [-0.1, -0.05) is 32.0 Å². The summed E-state index contributed by atoms with van der Waals surface area (Å²) in [6.45, 7) is 7.70. The van der Waals surface area contributed by atoms with E-state index in [4.69, 9.17) is 4.74 Å². The summed E-state index contributed by atoms with van der Waals surface area (Å²) in [5, 5.41) is 2.86. The molecule has 1 aromatic heterocycles. The van der Waals surface area contributed by atoms with Gasteiger partial charge in [-0.05, 0) is 42.9 Å². The third-order valence-electron chi connectivity index (χ3n) is 3.82. The molecule has 2 aromatic rings. The van der Waals surface area contributed by atoms with Crippen LogP contribution in [0.15, 0.2) is 54.9 Å². The minimum absolute atomic E-state index is 0.205. The zero-order valence-corrected chi connectivity index (χ0v) is 14.8. The number of rotatable bonds is 9. The average Bonchev–Trinajstić information content (AvgIpc) is 2.66. The van der Waals surface area contributed by atoms with E-state index in [0.717, 1.165) is 25.2 Å². The van der Waals surface area contributed by atoms with E-state index in [1.54, 1.807) is 18.5 Å². The maximum atomic E-state index is 12.1. The zero-order chi connectivity index (χ0) is 17.9. The number of pyridine rings is 1. The number of hydrogen-bond acceptors (Lipinski definition) is 4. The van der Waals surface area contributed by atoms with Gasteiger partial charge >= 0.3 is 0 Å². The van der Waals surface area contributed by atoms with Crippen molar-refractivity contribution in [3.05, 3.63) is 60.4 Å². The van der Waals surface area contributed by atoms with Gasteiger partial charge in [-0.25, -0.2) is 0 Å². The summed E-state index contributed by atoms with van der Waals surface area (Å²) in [7, 11) is 0. The van der Waals surface area contributed by atoms with Gasteiger partial charge in [0.15, 0.2) is 0 Å². The van der Waals surface area contributed by atoms with E-state index < -0.39 is 0 Å². The van der Waals surface area contributed by atoms with Crippen LogP contribution in [0.25, 0.3) is 6.08 Å². The van der Waals surface area contributed by atoms with Crippen molar-refractivity contribution < 1.29 is 9.53 Å². The van der Waals surface area contributed by atoms with Crippen molar-refractivity contribution in [3.8, 4) is 5.75 Å². The number of benzene rings is 1. The maximum absolute atomic E-state index is 12.1. The lowest BCUT2D eigenvalue weighted by molar-refractivity contribution is -0.111.